The molecule has 0 spiro atoms. The first kappa shape index (κ1) is 21.0. The molecule has 0 amide bonds. The molecule has 29 heavy (non-hydrogen) atoms. The largest absolute Gasteiger partial charge is 0.465 e. The quantitative estimate of drug-likeness (QED) is 0.190. The number of fused-ring (bicyclic) bond motifs is 1. The molecule has 0 aliphatic heterocycles. The van der Waals surface area contributed by atoms with Crippen LogP contribution in [0.1, 0.15) is 15.2 Å². The van der Waals surface area contributed by atoms with Crippen molar-refractivity contribution in [2.45, 2.75) is 5.75 Å². The van der Waals surface area contributed by atoms with Crippen LogP contribution in [0.3, 0.4) is 0 Å². The van der Waals surface area contributed by atoms with E-state index in [0.29, 0.717) is 10.1 Å². The molecule has 0 bridgehead atoms. The fraction of sp³-hybridized carbons (Fsp3) is 0.118. The van der Waals surface area contributed by atoms with Gasteiger partial charge in [0.05, 0.1) is 7.11 Å². The van der Waals surface area contributed by atoms with Crippen LogP contribution in [0.15, 0.2) is 24.3 Å². The summed E-state index contributed by atoms with van der Waals surface area (Å²) in [6, 6.07) is 5.73. The molecule has 154 valence electrons. The predicted molar refractivity (Wildman–Crippen MR) is 92.6 cm³/mol. The highest BCUT2D eigenvalue weighted by Crippen LogP contribution is 2.31. The van der Waals surface area contributed by atoms with Gasteiger partial charge >= 0.3 is 16.1 Å². The zero-order valence-electron chi connectivity index (χ0n) is 14.3. The third-order valence-corrected chi connectivity index (χ3v) is 5.88. The maximum Gasteiger partial charge on any atom is 0.348 e. The molecule has 0 fully saturated rings. The lowest BCUT2D eigenvalue weighted by atomic mass is 10.2. The van der Waals surface area contributed by atoms with Crippen LogP contribution >= 0.6 is 11.3 Å². The van der Waals surface area contributed by atoms with E-state index in [9.17, 15) is 35.2 Å². The summed E-state index contributed by atoms with van der Waals surface area (Å²) >= 11 is 1.01. The van der Waals surface area contributed by atoms with Gasteiger partial charge in [0.2, 0.25) is 34.8 Å². The first-order chi connectivity index (χ1) is 13.5. The number of halogens is 5. The van der Waals surface area contributed by atoms with Crippen LogP contribution in [0.4, 0.5) is 22.0 Å². The Bertz CT molecular complexity index is 1210. The third-order valence-electron chi connectivity index (χ3n) is 3.69. The van der Waals surface area contributed by atoms with Crippen molar-refractivity contribution < 1.29 is 44.1 Å². The van der Waals surface area contributed by atoms with E-state index in [1.807, 2.05) is 0 Å². The number of carbonyl (C=O) groups is 1. The second kappa shape index (κ2) is 7.59. The van der Waals surface area contributed by atoms with Crippen molar-refractivity contribution in [2.75, 3.05) is 7.11 Å². The highest BCUT2D eigenvalue weighted by molar-refractivity contribution is 7.86. The van der Waals surface area contributed by atoms with E-state index in [1.165, 1.54) is 31.4 Å². The minimum Gasteiger partial charge on any atom is -0.465 e. The second-order valence-electron chi connectivity index (χ2n) is 5.66. The SMILES string of the molecule is COC(=O)c1cc2ccc(CS(=O)(=O)Oc3c(F)c(F)c(F)c(F)c3F)cc2s1. The van der Waals surface area contributed by atoms with Crippen molar-refractivity contribution in [3.8, 4) is 5.75 Å². The smallest absolute Gasteiger partial charge is 0.348 e. The lowest BCUT2D eigenvalue weighted by Gasteiger charge is -2.10. The molecule has 2 aromatic carbocycles. The molecule has 0 aliphatic rings. The summed E-state index contributed by atoms with van der Waals surface area (Å²) in [5.41, 5.74) is 0.0969. The fourth-order valence-electron chi connectivity index (χ4n) is 2.39. The molecule has 0 saturated carbocycles. The highest BCUT2D eigenvalue weighted by Gasteiger charge is 2.30. The first-order valence-corrected chi connectivity index (χ1v) is 9.98. The lowest BCUT2D eigenvalue weighted by Crippen LogP contribution is -2.16. The van der Waals surface area contributed by atoms with Gasteiger partial charge in [0.25, 0.3) is 0 Å². The van der Waals surface area contributed by atoms with Crippen LogP contribution < -0.4 is 4.18 Å². The van der Waals surface area contributed by atoms with Gasteiger partial charge in [0, 0.05) is 4.70 Å². The molecule has 12 heteroatoms. The number of ether oxygens (including phenoxy) is 1. The number of benzene rings is 2. The average molecular weight is 452 g/mol. The van der Waals surface area contributed by atoms with Crippen LogP contribution in [-0.4, -0.2) is 21.5 Å². The number of hydrogen-bond acceptors (Lipinski definition) is 6. The molecule has 0 unspecified atom stereocenters. The zero-order chi connectivity index (χ0) is 21.5. The lowest BCUT2D eigenvalue weighted by molar-refractivity contribution is 0.0606. The Kier molecular flexibility index (Phi) is 5.50. The molecule has 1 heterocycles. The van der Waals surface area contributed by atoms with Crippen molar-refractivity contribution in [3.05, 3.63) is 63.8 Å². The Labute approximate surface area is 164 Å². The van der Waals surface area contributed by atoms with E-state index < -0.39 is 56.7 Å². The van der Waals surface area contributed by atoms with Crippen molar-refractivity contribution >= 4 is 37.5 Å². The van der Waals surface area contributed by atoms with Gasteiger partial charge in [0.1, 0.15) is 10.6 Å². The second-order valence-corrected chi connectivity index (χ2v) is 8.31. The van der Waals surface area contributed by atoms with Crippen molar-refractivity contribution in [1.82, 2.24) is 0 Å². The van der Waals surface area contributed by atoms with Crippen LogP contribution in [0.25, 0.3) is 10.1 Å². The van der Waals surface area contributed by atoms with Crippen LogP contribution in [0, 0.1) is 29.1 Å². The summed E-state index contributed by atoms with van der Waals surface area (Å²) < 4.78 is 100. The maximum absolute atomic E-state index is 13.6. The number of thiophene rings is 1. The van der Waals surface area contributed by atoms with Gasteiger partial charge < -0.3 is 8.92 Å². The summed E-state index contributed by atoms with van der Waals surface area (Å²) in [5.74, 6) is -15.3. The topological polar surface area (TPSA) is 69.7 Å². The number of rotatable bonds is 5. The van der Waals surface area contributed by atoms with Crippen LogP contribution in [0.2, 0.25) is 0 Å². The third kappa shape index (κ3) is 4.03. The molecule has 0 saturated heterocycles. The summed E-state index contributed by atoms with van der Waals surface area (Å²) in [6.07, 6.45) is 0. The van der Waals surface area contributed by atoms with Gasteiger partial charge in [-0.2, -0.15) is 17.2 Å². The Balaban J connectivity index is 1.91. The molecule has 1 aromatic heterocycles. The average Bonchev–Trinajstić information content (AvgIpc) is 3.10. The molecule has 0 atom stereocenters. The molecular weight excluding hydrogens is 443 g/mol. The Morgan fingerprint density at radius 1 is 0.966 bits per heavy atom. The van der Waals surface area contributed by atoms with Gasteiger partial charge in [-0.05, 0) is 23.1 Å². The van der Waals surface area contributed by atoms with Crippen molar-refractivity contribution in [1.29, 1.82) is 0 Å². The minimum atomic E-state index is -4.78. The summed E-state index contributed by atoms with van der Waals surface area (Å²) in [5, 5.41) is 0.609. The van der Waals surface area contributed by atoms with Gasteiger partial charge in [-0.15, -0.1) is 11.3 Å². The van der Waals surface area contributed by atoms with E-state index >= 15 is 0 Å². The van der Waals surface area contributed by atoms with Gasteiger partial charge in [-0.25, -0.2) is 18.0 Å². The summed E-state index contributed by atoms with van der Waals surface area (Å²) in [6.45, 7) is 0. The fourth-order valence-corrected chi connectivity index (χ4v) is 4.48. The van der Waals surface area contributed by atoms with E-state index in [2.05, 4.69) is 8.92 Å². The Hall–Kier alpha value is -2.73. The van der Waals surface area contributed by atoms with Crippen LogP contribution in [0.5, 0.6) is 5.75 Å². The highest BCUT2D eigenvalue weighted by atomic mass is 32.2. The standard InChI is InChI=1S/C17H9F5O5S2/c1-26-17(23)10-5-8-3-2-7(4-9(8)28-10)6-29(24,25)27-16-14(21)12(19)11(18)13(20)15(16)22/h2-5H,6H2,1H3. The number of methoxy groups -OCH3 is 1. The Morgan fingerprint density at radius 3 is 2.14 bits per heavy atom. The van der Waals surface area contributed by atoms with E-state index in [-0.39, 0.29) is 10.4 Å². The summed E-state index contributed by atoms with van der Waals surface area (Å²) in [7, 11) is -3.59. The van der Waals surface area contributed by atoms with Gasteiger partial charge in [-0.1, -0.05) is 12.1 Å². The Morgan fingerprint density at radius 2 is 1.55 bits per heavy atom. The molecule has 0 aliphatic carbocycles. The van der Waals surface area contributed by atoms with E-state index in [1.54, 1.807) is 0 Å². The normalized spacial score (nSPS) is 11.7. The van der Waals surface area contributed by atoms with E-state index in [0.717, 1.165) is 11.3 Å². The zero-order valence-corrected chi connectivity index (χ0v) is 15.9. The molecular formula is C17H9F5O5S2. The number of hydrogen-bond donors (Lipinski definition) is 0. The number of esters is 1. The summed E-state index contributed by atoms with van der Waals surface area (Å²) in [4.78, 5) is 11.8. The van der Waals surface area contributed by atoms with Crippen LogP contribution in [-0.2, 0) is 20.6 Å². The maximum atomic E-state index is 13.6. The predicted octanol–water partition coefficient (Wildman–Crippen LogP) is 4.29. The minimum absolute atomic E-state index is 0.0969. The van der Waals surface area contributed by atoms with Gasteiger partial charge in [0.15, 0.2) is 0 Å². The molecule has 3 rings (SSSR count). The molecule has 0 radical (unpaired) electrons. The van der Waals surface area contributed by atoms with Gasteiger partial charge in [-0.3, -0.25) is 0 Å². The monoisotopic (exact) mass is 452 g/mol. The molecule has 5 nitrogen and oxygen atoms in total. The molecule has 0 N–H and O–H groups in total. The van der Waals surface area contributed by atoms with E-state index in [4.69, 9.17) is 0 Å². The number of carbonyl (C=O) groups excluding carboxylic acids is 1. The van der Waals surface area contributed by atoms with Crippen molar-refractivity contribution in [2.24, 2.45) is 0 Å². The van der Waals surface area contributed by atoms with Crippen molar-refractivity contribution in [3.63, 3.8) is 0 Å². The molecule has 3 aromatic rings. The first-order valence-electron chi connectivity index (χ1n) is 7.58.